The van der Waals surface area contributed by atoms with E-state index in [2.05, 4.69) is 9.79 Å². The van der Waals surface area contributed by atoms with Crippen LogP contribution in [0.1, 0.15) is 0 Å². The first kappa shape index (κ1) is 13.9. The third-order valence-electron chi connectivity index (χ3n) is 3.02. The summed E-state index contributed by atoms with van der Waals surface area (Å²) in [7, 11) is -4.04. The van der Waals surface area contributed by atoms with Crippen LogP contribution in [0.5, 0.6) is 0 Å². The molecular weight excluding hydrogens is 314 g/mol. The van der Waals surface area contributed by atoms with Crippen LogP contribution in [0.2, 0.25) is 0 Å². The summed E-state index contributed by atoms with van der Waals surface area (Å²) in [5.74, 6) is 0. The molecule has 1 aromatic heterocycles. The van der Waals surface area contributed by atoms with Crippen molar-refractivity contribution in [1.82, 2.24) is 5.16 Å². The van der Waals surface area contributed by atoms with Crippen molar-refractivity contribution in [3.05, 3.63) is 57.8 Å². The molecule has 0 N–H and O–H groups in total. The van der Waals surface area contributed by atoms with Crippen molar-refractivity contribution in [2.24, 2.45) is 0 Å². The molecule has 112 valence electrons. The van der Waals surface area contributed by atoms with Crippen LogP contribution in [0.3, 0.4) is 0 Å². The van der Waals surface area contributed by atoms with E-state index in [0.717, 1.165) is 12.1 Å². The second-order valence-electron chi connectivity index (χ2n) is 4.28. The second kappa shape index (κ2) is 4.77. The molecule has 3 aromatic rings. The standard InChI is InChI=1S/C12H7N3O6S/c16-14(17)9-6-7-10(12-11(9)13-21-15(12)18)22(19,20)8-4-2-1-3-5-8/h1-7H. The molecule has 0 radical (unpaired) electrons. The van der Waals surface area contributed by atoms with Gasteiger partial charge in [-0.2, -0.15) is 0 Å². The van der Waals surface area contributed by atoms with Crippen LogP contribution < -0.4 is 4.90 Å². The Labute approximate surface area is 123 Å². The zero-order valence-corrected chi connectivity index (χ0v) is 11.6. The number of benzene rings is 2. The quantitative estimate of drug-likeness (QED) is 0.402. The lowest BCUT2D eigenvalue weighted by atomic mass is 10.3. The highest BCUT2D eigenvalue weighted by atomic mass is 32.2. The molecule has 3 rings (SSSR count). The van der Waals surface area contributed by atoms with Crippen molar-refractivity contribution in [2.45, 2.75) is 9.79 Å². The molecule has 0 aliphatic carbocycles. The molecule has 0 aliphatic heterocycles. The van der Waals surface area contributed by atoms with Crippen LogP contribution in [0.4, 0.5) is 5.69 Å². The summed E-state index contributed by atoms with van der Waals surface area (Å²) in [5, 5.41) is 25.8. The first-order chi connectivity index (χ1) is 10.4. The minimum Gasteiger partial charge on any atom is -0.359 e. The van der Waals surface area contributed by atoms with E-state index in [-0.39, 0.29) is 9.80 Å². The van der Waals surface area contributed by atoms with Crippen LogP contribution in [-0.2, 0) is 9.84 Å². The van der Waals surface area contributed by atoms with E-state index in [0.29, 0.717) is 0 Å². The topological polar surface area (TPSA) is 130 Å². The summed E-state index contributed by atoms with van der Waals surface area (Å²) >= 11 is 0. The largest absolute Gasteiger partial charge is 0.359 e. The normalized spacial score (nSPS) is 11.6. The smallest absolute Gasteiger partial charge is 0.327 e. The highest BCUT2D eigenvalue weighted by Gasteiger charge is 2.32. The van der Waals surface area contributed by atoms with Crippen molar-refractivity contribution in [2.75, 3.05) is 0 Å². The minimum atomic E-state index is -4.04. The third-order valence-corrected chi connectivity index (χ3v) is 4.82. The van der Waals surface area contributed by atoms with Crippen LogP contribution in [0.15, 0.2) is 56.9 Å². The number of nitrogens with zero attached hydrogens (tertiary/aromatic N) is 3. The van der Waals surface area contributed by atoms with Crippen molar-refractivity contribution < 1.29 is 22.9 Å². The van der Waals surface area contributed by atoms with Crippen molar-refractivity contribution in [3.63, 3.8) is 0 Å². The number of rotatable bonds is 3. The lowest BCUT2D eigenvalue weighted by molar-refractivity contribution is -0.783. The molecule has 0 spiro atoms. The van der Waals surface area contributed by atoms with Gasteiger partial charge in [0.1, 0.15) is 4.90 Å². The van der Waals surface area contributed by atoms with E-state index in [9.17, 15) is 23.7 Å². The molecule has 0 unspecified atom stereocenters. The van der Waals surface area contributed by atoms with E-state index >= 15 is 0 Å². The van der Waals surface area contributed by atoms with E-state index in [4.69, 9.17) is 0 Å². The maximum Gasteiger partial charge on any atom is 0.327 e. The Morgan fingerprint density at radius 3 is 2.45 bits per heavy atom. The van der Waals surface area contributed by atoms with Gasteiger partial charge >= 0.3 is 11.2 Å². The molecule has 9 nitrogen and oxygen atoms in total. The maximum absolute atomic E-state index is 12.6. The molecule has 0 saturated heterocycles. The number of fused-ring (bicyclic) bond motifs is 1. The van der Waals surface area contributed by atoms with Gasteiger partial charge in [-0.15, -0.1) is 0 Å². The number of nitro benzene ring substituents is 1. The summed E-state index contributed by atoms with van der Waals surface area (Å²) in [5.41, 5.74) is -1.43. The fraction of sp³-hybridized carbons (Fsp3) is 0. The molecule has 2 aromatic carbocycles. The summed E-state index contributed by atoms with van der Waals surface area (Å²) in [6, 6.07) is 9.35. The molecule has 0 fully saturated rings. The van der Waals surface area contributed by atoms with Crippen LogP contribution in [-0.4, -0.2) is 18.5 Å². The molecule has 1 heterocycles. The number of nitro groups is 1. The summed E-state index contributed by atoms with van der Waals surface area (Å²) in [6.45, 7) is 0. The number of hydrogen-bond acceptors (Lipinski definition) is 7. The summed E-state index contributed by atoms with van der Waals surface area (Å²) < 4.78 is 29.5. The fourth-order valence-electron chi connectivity index (χ4n) is 2.03. The molecule has 0 amide bonds. The predicted octanol–water partition coefficient (Wildman–Crippen LogP) is 1.20. The monoisotopic (exact) mass is 321 g/mol. The van der Waals surface area contributed by atoms with Crippen LogP contribution in [0.25, 0.3) is 11.0 Å². The molecule has 0 atom stereocenters. The second-order valence-corrected chi connectivity index (χ2v) is 6.20. The average molecular weight is 321 g/mol. The minimum absolute atomic E-state index is 0.0497. The summed E-state index contributed by atoms with van der Waals surface area (Å²) in [6.07, 6.45) is 0. The molecular formula is C12H7N3O6S. The van der Waals surface area contributed by atoms with Gasteiger partial charge < -0.3 is 5.21 Å². The lowest BCUT2D eigenvalue weighted by Gasteiger charge is -2.04. The SMILES string of the molecule is O=[N+]([O-])c1ccc(S(=O)(=O)c2ccccc2)c2c1no[n+]2[O-]. The zero-order chi connectivity index (χ0) is 15.9. The van der Waals surface area contributed by atoms with Gasteiger partial charge in [0.05, 0.1) is 15.0 Å². The number of non-ortho nitro benzene ring substituents is 1. The van der Waals surface area contributed by atoms with E-state index in [1.807, 2.05) is 0 Å². The third kappa shape index (κ3) is 1.97. The molecule has 22 heavy (non-hydrogen) atoms. The lowest BCUT2D eigenvalue weighted by Crippen LogP contribution is -2.25. The van der Waals surface area contributed by atoms with Gasteiger partial charge in [0.25, 0.3) is 5.52 Å². The van der Waals surface area contributed by atoms with Crippen LogP contribution >= 0.6 is 0 Å². The van der Waals surface area contributed by atoms with E-state index in [1.165, 1.54) is 24.3 Å². The highest BCUT2D eigenvalue weighted by Crippen LogP contribution is 2.30. The molecule has 0 aliphatic rings. The Morgan fingerprint density at radius 1 is 1.14 bits per heavy atom. The Bertz CT molecular complexity index is 981. The molecule has 0 bridgehead atoms. The number of hydrogen-bond donors (Lipinski definition) is 0. The van der Waals surface area contributed by atoms with E-state index in [1.54, 1.807) is 6.07 Å². The van der Waals surface area contributed by atoms with Gasteiger partial charge in [0.15, 0.2) is 0 Å². The Kier molecular flexibility index (Phi) is 3.03. The highest BCUT2D eigenvalue weighted by molar-refractivity contribution is 7.91. The van der Waals surface area contributed by atoms with Gasteiger partial charge in [-0.1, -0.05) is 18.2 Å². The Morgan fingerprint density at radius 2 is 1.82 bits per heavy atom. The first-order valence-electron chi connectivity index (χ1n) is 5.90. The van der Waals surface area contributed by atoms with Gasteiger partial charge in [-0.3, -0.25) is 14.7 Å². The van der Waals surface area contributed by atoms with Crippen LogP contribution in [0, 0.1) is 15.3 Å². The van der Waals surface area contributed by atoms with Gasteiger partial charge in [-0.05, 0) is 23.1 Å². The van der Waals surface area contributed by atoms with Crippen molar-refractivity contribution >= 4 is 26.6 Å². The van der Waals surface area contributed by atoms with Gasteiger partial charge in [0.2, 0.25) is 9.84 Å². The van der Waals surface area contributed by atoms with Gasteiger partial charge in [-0.25, -0.2) is 8.42 Å². The molecule has 10 heteroatoms. The van der Waals surface area contributed by atoms with Gasteiger partial charge in [0, 0.05) is 6.07 Å². The zero-order valence-electron chi connectivity index (χ0n) is 10.7. The maximum atomic E-state index is 12.6. The van der Waals surface area contributed by atoms with E-state index < -0.39 is 36.4 Å². The Hall–Kier alpha value is -3.01. The summed E-state index contributed by atoms with van der Waals surface area (Å²) in [4.78, 5) is 9.53. The number of sulfone groups is 1. The fourth-order valence-corrected chi connectivity index (χ4v) is 3.47. The van der Waals surface area contributed by atoms with Crippen molar-refractivity contribution in [3.8, 4) is 0 Å². The average Bonchev–Trinajstić information content (AvgIpc) is 2.89. The Balaban J connectivity index is 2.36. The number of aromatic nitrogens is 2. The predicted molar refractivity (Wildman–Crippen MR) is 71.5 cm³/mol. The van der Waals surface area contributed by atoms with Crippen molar-refractivity contribution in [1.29, 1.82) is 0 Å². The first-order valence-corrected chi connectivity index (χ1v) is 7.38. The molecule has 0 saturated carbocycles.